The van der Waals surface area contributed by atoms with Crippen LogP contribution in [0.4, 0.5) is 0 Å². The smallest absolute Gasteiger partial charge is 0.119 e. The van der Waals surface area contributed by atoms with Crippen molar-refractivity contribution in [1.29, 1.82) is 0 Å². The third kappa shape index (κ3) is 2.31. The Bertz CT molecular complexity index is 174. The predicted molar refractivity (Wildman–Crippen MR) is 44.4 cm³/mol. The molecule has 2 heteroatoms. The number of ether oxygens (including phenoxy) is 1. The van der Waals surface area contributed by atoms with Gasteiger partial charge in [0.1, 0.15) is 5.75 Å². The van der Waals surface area contributed by atoms with Crippen molar-refractivity contribution >= 4 is 12.6 Å². The van der Waals surface area contributed by atoms with Gasteiger partial charge in [0, 0.05) is 5.75 Å². The van der Waals surface area contributed by atoms with E-state index in [0.29, 0.717) is 12.4 Å². The second-order valence-corrected chi connectivity index (χ2v) is 2.27. The summed E-state index contributed by atoms with van der Waals surface area (Å²) in [5, 5.41) is 0. The molecule has 1 aromatic carbocycles. The van der Waals surface area contributed by atoms with Crippen molar-refractivity contribution < 1.29 is 4.74 Å². The first-order chi connectivity index (χ1) is 4.93. The van der Waals surface area contributed by atoms with Gasteiger partial charge in [-0.05, 0) is 12.1 Å². The molecule has 0 atom stereocenters. The normalized spacial score (nSPS) is 9.30. The van der Waals surface area contributed by atoms with Gasteiger partial charge in [0.15, 0.2) is 0 Å². The van der Waals surface area contributed by atoms with E-state index in [0.717, 1.165) is 5.75 Å². The lowest BCUT2D eigenvalue weighted by molar-refractivity contribution is 0.344. The average Bonchev–Trinajstić information content (AvgIpc) is 2.03. The Morgan fingerprint density at radius 2 is 1.90 bits per heavy atom. The first-order valence-corrected chi connectivity index (χ1v) is 3.77. The molecule has 0 saturated carbocycles. The van der Waals surface area contributed by atoms with Gasteiger partial charge in [-0.1, -0.05) is 30.8 Å². The number of hydrogen-bond donors (Lipinski definition) is 0. The predicted octanol–water partition coefficient (Wildman–Crippen LogP) is 2.26. The van der Waals surface area contributed by atoms with Crippen LogP contribution in [0.15, 0.2) is 30.3 Å². The Hall–Kier alpha value is -0.630. The third-order valence-corrected chi connectivity index (χ3v) is 1.26. The lowest BCUT2D eigenvalue weighted by atomic mass is 10.3. The highest BCUT2D eigenvalue weighted by molar-refractivity contribution is 7.80. The van der Waals surface area contributed by atoms with E-state index in [1.165, 1.54) is 0 Å². The topological polar surface area (TPSA) is 9.23 Å². The van der Waals surface area contributed by atoms with Crippen LogP contribution < -0.4 is 4.74 Å². The lowest BCUT2D eigenvalue weighted by Gasteiger charge is -2.01. The van der Waals surface area contributed by atoms with Crippen molar-refractivity contribution in [3.8, 4) is 5.75 Å². The SMILES string of the molecule is [S]CCOc1ccccc1. The van der Waals surface area contributed by atoms with E-state index in [9.17, 15) is 0 Å². The van der Waals surface area contributed by atoms with Crippen molar-refractivity contribution in [1.82, 2.24) is 0 Å². The van der Waals surface area contributed by atoms with Crippen LogP contribution in [0.3, 0.4) is 0 Å². The molecular weight excluding hydrogens is 144 g/mol. The first kappa shape index (κ1) is 7.48. The zero-order valence-electron chi connectivity index (χ0n) is 5.62. The highest BCUT2D eigenvalue weighted by Gasteiger charge is 1.87. The van der Waals surface area contributed by atoms with Crippen molar-refractivity contribution in [3.05, 3.63) is 30.3 Å². The third-order valence-electron chi connectivity index (χ3n) is 1.10. The molecule has 0 amide bonds. The van der Waals surface area contributed by atoms with Gasteiger partial charge in [0.2, 0.25) is 0 Å². The zero-order valence-corrected chi connectivity index (χ0v) is 6.43. The highest BCUT2D eigenvalue weighted by Crippen LogP contribution is 2.07. The molecule has 0 aliphatic carbocycles. The summed E-state index contributed by atoms with van der Waals surface area (Å²) in [7, 11) is 0. The van der Waals surface area contributed by atoms with Gasteiger partial charge in [0.05, 0.1) is 6.61 Å². The van der Waals surface area contributed by atoms with Crippen molar-refractivity contribution in [3.63, 3.8) is 0 Å². The molecule has 0 aliphatic heterocycles. The molecular formula is C8H9OS. The summed E-state index contributed by atoms with van der Waals surface area (Å²) in [5.74, 6) is 1.54. The summed E-state index contributed by atoms with van der Waals surface area (Å²) in [6.45, 7) is 0.624. The molecule has 0 aliphatic rings. The van der Waals surface area contributed by atoms with Crippen molar-refractivity contribution in [2.24, 2.45) is 0 Å². The Balaban J connectivity index is 2.43. The van der Waals surface area contributed by atoms with Crippen molar-refractivity contribution in [2.75, 3.05) is 12.4 Å². The molecule has 0 fully saturated rings. The summed E-state index contributed by atoms with van der Waals surface area (Å²) in [6, 6.07) is 9.69. The summed E-state index contributed by atoms with van der Waals surface area (Å²) < 4.78 is 5.25. The monoisotopic (exact) mass is 153 g/mol. The standard InChI is InChI=1S/C8H9OS/c10-7-6-9-8-4-2-1-3-5-8/h1-5H,6-7H2. The number of para-hydroxylation sites is 1. The average molecular weight is 153 g/mol. The maximum atomic E-state index is 5.25. The van der Waals surface area contributed by atoms with Crippen LogP contribution in [0.2, 0.25) is 0 Å². The van der Waals surface area contributed by atoms with E-state index in [1.807, 2.05) is 30.3 Å². The molecule has 0 aromatic heterocycles. The number of benzene rings is 1. The quantitative estimate of drug-likeness (QED) is 0.647. The summed E-state index contributed by atoms with van der Waals surface area (Å²) in [6.07, 6.45) is 0. The van der Waals surface area contributed by atoms with E-state index in [4.69, 9.17) is 17.4 Å². The van der Waals surface area contributed by atoms with Gasteiger partial charge in [-0.3, -0.25) is 0 Å². The summed E-state index contributed by atoms with van der Waals surface area (Å²) in [5.41, 5.74) is 0. The minimum absolute atomic E-state index is 0.624. The molecule has 10 heavy (non-hydrogen) atoms. The van der Waals surface area contributed by atoms with Gasteiger partial charge in [-0.15, -0.1) is 0 Å². The second kappa shape index (κ2) is 4.23. The van der Waals surface area contributed by atoms with Gasteiger partial charge in [-0.2, -0.15) is 0 Å². The summed E-state index contributed by atoms with van der Waals surface area (Å²) in [4.78, 5) is 0. The zero-order chi connectivity index (χ0) is 7.23. The Labute approximate surface area is 66.4 Å². The van der Waals surface area contributed by atoms with E-state index in [1.54, 1.807) is 0 Å². The van der Waals surface area contributed by atoms with Crippen LogP contribution in [0.25, 0.3) is 0 Å². The van der Waals surface area contributed by atoms with Gasteiger partial charge in [0.25, 0.3) is 0 Å². The summed E-state index contributed by atoms with van der Waals surface area (Å²) >= 11 is 4.73. The molecule has 0 spiro atoms. The molecule has 0 heterocycles. The molecule has 0 unspecified atom stereocenters. The maximum Gasteiger partial charge on any atom is 0.119 e. The van der Waals surface area contributed by atoms with Crippen LogP contribution in [-0.4, -0.2) is 12.4 Å². The fourth-order valence-corrected chi connectivity index (χ4v) is 0.760. The molecule has 0 bridgehead atoms. The van der Waals surface area contributed by atoms with E-state index in [-0.39, 0.29) is 0 Å². The van der Waals surface area contributed by atoms with E-state index in [2.05, 4.69) is 0 Å². The largest absolute Gasteiger partial charge is 0.493 e. The molecule has 1 aromatic rings. The Kier molecular flexibility index (Phi) is 3.16. The Morgan fingerprint density at radius 3 is 2.50 bits per heavy atom. The highest BCUT2D eigenvalue weighted by atomic mass is 32.1. The Morgan fingerprint density at radius 1 is 1.20 bits per heavy atom. The fourth-order valence-electron chi connectivity index (χ4n) is 0.676. The molecule has 1 rings (SSSR count). The van der Waals surface area contributed by atoms with Crippen LogP contribution in [0.5, 0.6) is 5.75 Å². The number of rotatable bonds is 3. The van der Waals surface area contributed by atoms with Gasteiger partial charge < -0.3 is 4.74 Å². The fraction of sp³-hybridized carbons (Fsp3) is 0.250. The van der Waals surface area contributed by atoms with Crippen LogP contribution in [-0.2, 0) is 0 Å². The van der Waals surface area contributed by atoms with E-state index < -0.39 is 0 Å². The molecule has 1 radical (unpaired) electrons. The van der Waals surface area contributed by atoms with Crippen LogP contribution >= 0.6 is 12.6 Å². The first-order valence-electron chi connectivity index (χ1n) is 3.19. The maximum absolute atomic E-state index is 5.25. The second-order valence-electron chi connectivity index (χ2n) is 1.87. The van der Waals surface area contributed by atoms with Gasteiger partial charge >= 0.3 is 0 Å². The van der Waals surface area contributed by atoms with Gasteiger partial charge in [-0.25, -0.2) is 0 Å². The molecule has 0 saturated heterocycles. The minimum Gasteiger partial charge on any atom is -0.493 e. The van der Waals surface area contributed by atoms with Crippen LogP contribution in [0.1, 0.15) is 0 Å². The molecule has 53 valence electrons. The van der Waals surface area contributed by atoms with E-state index >= 15 is 0 Å². The van der Waals surface area contributed by atoms with Crippen molar-refractivity contribution in [2.45, 2.75) is 0 Å². The number of hydrogen-bond acceptors (Lipinski definition) is 1. The lowest BCUT2D eigenvalue weighted by Crippen LogP contribution is -1.97. The van der Waals surface area contributed by atoms with Crippen LogP contribution in [0, 0.1) is 0 Å². The molecule has 0 N–H and O–H groups in total. The molecule has 1 nitrogen and oxygen atoms in total. The minimum atomic E-state index is 0.624.